The third-order valence-electron chi connectivity index (χ3n) is 3.31. The monoisotopic (exact) mass is 382 g/mol. The lowest BCUT2D eigenvalue weighted by molar-refractivity contribution is -0.392. The van der Waals surface area contributed by atoms with E-state index < -0.39 is 43.9 Å². The van der Waals surface area contributed by atoms with Crippen LogP contribution in [0.2, 0.25) is 0 Å². The normalized spacial score (nSPS) is 11.1. The number of carbonyl (C=O) groups is 2. The molecule has 0 aliphatic rings. The van der Waals surface area contributed by atoms with Crippen LogP contribution in [0, 0.1) is 10.1 Å². The predicted octanol–water partition coefficient (Wildman–Crippen LogP) is 0.964. The van der Waals surface area contributed by atoms with Crippen molar-refractivity contribution in [1.29, 1.82) is 0 Å². The highest BCUT2D eigenvalue weighted by atomic mass is 32.2. The van der Waals surface area contributed by atoms with Gasteiger partial charge in [-0.3, -0.25) is 14.2 Å². The summed E-state index contributed by atoms with van der Waals surface area (Å²) in [6.07, 6.45) is 0.225. The number of para-hydroxylation sites is 1. The average molecular weight is 382 g/mol. The highest BCUT2D eigenvalue weighted by Gasteiger charge is 2.34. The molecule has 2 aromatic rings. The van der Waals surface area contributed by atoms with Crippen LogP contribution in [-0.4, -0.2) is 39.9 Å². The number of aliphatic carboxylic acids is 1. The van der Waals surface area contributed by atoms with Crippen molar-refractivity contribution in [3.63, 3.8) is 0 Å². The summed E-state index contributed by atoms with van der Waals surface area (Å²) in [4.78, 5) is 35.6. The number of carboxylic acid groups (broad SMARTS) is 1. The zero-order chi connectivity index (χ0) is 19.5. The topological polar surface area (TPSA) is 161 Å². The van der Waals surface area contributed by atoms with E-state index in [0.29, 0.717) is 0 Å². The molecule has 0 atom stereocenters. The van der Waals surface area contributed by atoms with Gasteiger partial charge in [0.15, 0.2) is 0 Å². The van der Waals surface area contributed by atoms with Crippen molar-refractivity contribution in [1.82, 2.24) is 9.55 Å². The zero-order valence-corrected chi connectivity index (χ0v) is 14.3. The number of benzene rings is 1. The Labute approximate surface area is 147 Å². The lowest BCUT2D eigenvalue weighted by atomic mass is 10.2. The molecule has 0 spiro atoms. The summed E-state index contributed by atoms with van der Waals surface area (Å²) < 4.78 is 26.8. The molecule has 1 heterocycles. The van der Waals surface area contributed by atoms with Gasteiger partial charge in [0, 0.05) is 13.5 Å². The van der Waals surface area contributed by atoms with E-state index in [-0.39, 0.29) is 17.0 Å². The summed E-state index contributed by atoms with van der Waals surface area (Å²) in [6.45, 7) is 0. The summed E-state index contributed by atoms with van der Waals surface area (Å²) in [6, 6.07) is 5.33. The predicted molar refractivity (Wildman–Crippen MR) is 87.3 cm³/mol. The zero-order valence-electron chi connectivity index (χ0n) is 13.4. The fourth-order valence-corrected chi connectivity index (χ4v) is 3.85. The minimum atomic E-state index is -4.38. The van der Waals surface area contributed by atoms with Crippen molar-refractivity contribution in [3.05, 3.63) is 40.7 Å². The van der Waals surface area contributed by atoms with Gasteiger partial charge in [0.1, 0.15) is 0 Å². The summed E-state index contributed by atoms with van der Waals surface area (Å²) in [5.41, 5.74) is -0.113. The molecule has 0 aliphatic carbocycles. The molecule has 11 nitrogen and oxygen atoms in total. The number of anilines is 1. The molecule has 0 unspecified atom stereocenters. The van der Waals surface area contributed by atoms with Gasteiger partial charge < -0.3 is 20.5 Å². The number of amides is 1. The second-order valence-corrected chi connectivity index (χ2v) is 7.02. The fraction of sp³-hybridized carbons (Fsp3) is 0.214. The maximum absolute atomic E-state index is 12.9. The Morgan fingerprint density at radius 1 is 1.31 bits per heavy atom. The number of hydrogen-bond donors (Lipinski definition) is 2. The third kappa shape index (κ3) is 3.85. The largest absolute Gasteiger partial charge is 0.481 e. The molecule has 26 heavy (non-hydrogen) atoms. The third-order valence-corrected chi connectivity index (χ3v) is 5.22. The number of hydrogen-bond acceptors (Lipinski definition) is 7. The summed E-state index contributed by atoms with van der Waals surface area (Å²) in [7, 11) is -3.09. The van der Waals surface area contributed by atoms with Gasteiger partial charge in [-0.25, -0.2) is 8.42 Å². The molecule has 0 bridgehead atoms. The van der Waals surface area contributed by atoms with Crippen LogP contribution < -0.4 is 5.32 Å². The van der Waals surface area contributed by atoms with Crippen molar-refractivity contribution >= 4 is 33.2 Å². The number of imidazole rings is 1. The van der Waals surface area contributed by atoms with Crippen LogP contribution in [-0.2, 0) is 26.5 Å². The number of nitrogens with one attached hydrogen (secondary N) is 1. The Hall–Kier alpha value is -3.28. The molecule has 0 radical (unpaired) electrons. The van der Waals surface area contributed by atoms with Gasteiger partial charge >= 0.3 is 11.8 Å². The van der Waals surface area contributed by atoms with E-state index in [1.54, 1.807) is 0 Å². The molecule has 1 aromatic heterocycles. The van der Waals surface area contributed by atoms with E-state index in [2.05, 4.69) is 10.3 Å². The number of rotatable bonds is 7. The number of nitrogens with zero attached hydrogens (tertiary/aromatic N) is 3. The number of nitro groups is 1. The van der Waals surface area contributed by atoms with Crippen LogP contribution in [0.5, 0.6) is 0 Å². The molecule has 1 amide bonds. The van der Waals surface area contributed by atoms with Gasteiger partial charge in [0.25, 0.3) is 0 Å². The lowest BCUT2D eigenvalue weighted by Gasteiger charge is -2.11. The quantitative estimate of drug-likeness (QED) is 0.528. The SMILES string of the molecule is Cn1cnc([N+](=O)[O-])c1S(=O)(=O)c1ccccc1NC(=O)CCC(=O)O. The van der Waals surface area contributed by atoms with Crippen LogP contribution in [0.1, 0.15) is 12.8 Å². The van der Waals surface area contributed by atoms with Crippen LogP contribution >= 0.6 is 0 Å². The van der Waals surface area contributed by atoms with Crippen molar-refractivity contribution < 1.29 is 28.0 Å². The number of carbonyl (C=O) groups excluding carboxylic acids is 1. The van der Waals surface area contributed by atoms with Gasteiger partial charge in [-0.05, 0) is 22.0 Å². The molecule has 2 rings (SSSR count). The number of carboxylic acids is 1. The van der Waals surface area contributed by atoms with Crippen LogP contribution in [0.15, 0.2) is 40.5 Å². The minimum Gasteiger partial charge on any atom is -0.481 e. The van der Waals surface area contributed by atoms with Gasteiger partial charge in [0.05, 0.1) is 17.0 Å². The van der Waals surface area contributed by atoms with E-state index in [9.17, 15) is 28.1 Å². The van der Waals surface area contributed by atoms with E-state index in [1.165, 1.54) is 31.3 Å². The Balaban J connectivity index is 2.46. The van der Waals surface area contributed by atoms with Gasteiger partial charge in [-0.15, -0.1) is 0 Å². The summed E-state index contributed by atoms with van der Waals surface area (Å²) in [5, 5.41) is 21.4. The fourth-order valence-electron chi connectivity index (χ4n) is 2.18. The smallest absolute Gasteiger partial charge is 0.401 e. The first-order valence-electron chi connectivity index (χ1n) is 7.16. The van der Waals surface area contributed by atoms with Crippen molar-refractivity contribution in [3.8, 4) is 0 Å². The Bertz CT molecular complexity index is 981. The molecule has 0 saturated heterocycles. The maximum Gasteiger partial charge on any atom is 0.401 e. The second kappa shape index (κ2) is 7.31. The van der Waals surface area contributed by atoms with Gasteiger partial charge in [-0.2, -0.15) is 0 Å². The lowest BCUT2D eigenvalue weighted by Crippen LogP contribution is -2.17. The number of aromatic nitrogens is 2. The molecule has 138 valence electrons. The van der Waals surface area contributed by atoms with Crippen molar-refractivity contribution in [2.75, 3.05) is 5.32 Å². The molecule has 0 fully saturated rings. The molecule has 0 saturated carbocycles. The first-order valence-corrected chi connectivity index (χ1v) is 8.64. The minimum absolute atomic E-state index is 0.113. The first-order chi connectivity index (χ1) is 12.1. The van der Waals surface area contributed by atoms with Gasteiger partial charge in [-0.1, -0.05) is 12.1 Å². The molecule has 2 N–H and O–H groups in total. The Morgan fingerprint density at radius 2 is 1.96 bits per heavy atom. The summed E-state index contributed by atoms with van der Waals surface area (Å²) in [5.74, 6) is -2.71. The van der Waals surface area contributed by atoms with E-state index in [4.69, 9.17) is 5.11 Å². The standard InChI is InChI=1S/C14H14N4O7S/c1-17-8-15-13(18(22)23)14(17)26(24,25)10-5-3-2-4-9(10)16-11(19)6-7-12(20)21/h2-5,8H,6-7H2,1H3,(H,16,19)(H,20,21). The Morgan fingerprint density at radius 3 is 2.58 bits per heavy atom. The first kappa shape index (κ1) is 19.1. The van der Waals surface area contributed by atoms with E-state index >= 15 is 0 Å². The molecular formula is C14H14N4O7S. The van der Waals surface area contributed by atoms with E-state index in [0.717, 1.165) is 10.9 Å². The molecule has 1 aromatic carbocycles. The highest BCUT2D eigenvalue weighted by molar-refractivity contribution is 7.91. The number of aryl methyl sites for hydroxylation is 1. The van der Waals surface area contributed by atoms with E-state index in [1.807, 2.05) is 0 Å². The second-order valence-electron chi connectivity index (χ2n) is 5.18. The van der Waals surface area contributed by atoms with Crippen molar-refractivity contribution in [2.45, 2.75) is 22.8 Å². The molecular weight excluding hydrogens is 368 g/mol. The highest BCUT2D eigenvalue weighted by Crippen LogP contribution is 2.32. The van der Waals surface area contributed by atoms with Crippen LogP contribution in [0.4, 0.5) is 11.5 Å². The Kier molecular flexibility index (Phi) is 5.35. The maximum atomic E-state index is 12.9. The molecule has 0 aliphatic heterocycles. The van der Waals surface area contributed by atoms with Crippen LogP contribution in [0.25, 0.3) is 0 Å². The summed E-state index contributed by atoms with van der Waals surface area (Å²) >= 11 is 0. The van der Waals surface area contributed by atoms with Gasteiger partial charge in [0.2, 0.25) is 27.1 Å². The van der Waals surface area contributed by atoms with Crippen molar-refractivity contribution in [2.24, 2.45) is 7.05 Å². The number of sulfone groups is 1. The van der Waals surface area contributed by atoms with Crippen LogP contribution in [0.3, 0.4) is 0 Å². The molecule has 12 heteroatoms. The average Bonchev–Trinajstić information content (AvgIpc) is 2.96.